The standard InChI is InChI=1S/C13H17ClN4/c1-9-3-4-10(11(14)7-9)12(17-15)8-13-16-5-6-18(13)2/h3-7,12,17H,8,15H2,1-2H3. The Balaban J connectivity index is 2.26. The van der Waals surface area contributed by atoms with Gasteiger partial charge in [0.25, 0.3) is 0 Å². The first-order valence-electron chi connectivity index (χ1n) is 5.80. The van der Waals surface area contributed by atoms with E-state index in [1.807, 2.05) is 42.9 Å². The summed E-state index contributed by atoms with van der Waals surface area (Å²) in [6.45, 7) is 2.01. The van der Waals surface area contributed by atoms with Gasteiger partial charge >= 0.3 is 0 Å². The fourth-order valence-electron chi connectivity index (χ4n) is 1.95. The average Bonchev–Trinajstić information content (AvgIpc) is 2.73. The molecule has 2 rings (SSSR count). The number of halogens is 1. The Morgan fingerprint density at radius 3 is 2.83 bits per heavy atom. The molecule has 0 spiro atoms. The lowest BCUT2D eigenvalue weighted by molar-refractivity contribution is 0.530. The van der Waals surface area contributed by atoms with Gasteiger partial charge < -0.3 is 4.57 Å². The SMILES string of the molecule is Cc1ccc(C(Cc2nccn2C)NN)c(Cl)c1. The van der Waals surface area contributed by atoms with Gasteiger partial charge in [-0.1, -0.05) is 23.7 Å². The van der Waals surface area contributed by atoms with Crippen molar-refractivity contribution in [3.63, 3.8) is 0 Å². The van der Waals surface area contributed by atoms with Crippen LogP contribution in [0.5, 0.6) is 0 Å². The van der Waals surface area contributed by atoms with E-state index in [4.69, 9.17) is 17.4 Å². The zero-order chi connectivity index (χ0) is 13.1. The molecule has 0 saturated heterocycles. The minimum atomic E-state index is -0.0424. The topological polar surface area (TPSA) is 55.9 Å². The van der Waals surface area contributed by atoms with Crippen molar-refractivity contribution in [3.05, 3.63) is 52.6 Å². The van der Waals surface area contributed by atoms with Crippen LogP contribution in [0.2, 0.25) is 5.02 Å². The van der Waals surface area contributed by atoms with Gasteiger partial charge in [0.15, 0.2) is 0 Å². The third-order valence-electron chi connectivity index (χ3n) is 3.04. The summed E-state index contributed by atoms with van der Waals surface area (Å²) in [6.07, 6.45) is 4.39. The number of hydrogen-bond donors (Lipinski definition) is 2. The smallest absolute Gasteiger partial charge is 0.110 e. The minimum absolute atomic E-state index is 0.0424. The summed E-state index contributed by atoms with van der Waals surface area (Å²) in [5.74, 6) is 6.60. The summed E-state index contributed by atoms with van der Waals surface area (Å²) in [5, 5.41) is 0.729. The number of hydrogen-bond acceptors (Lipinski definition) is 3. The number of aryl methyl sites for hydroxylation is 2. The zero-order valence-corrected chi connectivity index (χ0v) is 11.3. The predicted molar refractivity (Wildman–Crippen MR) is 73.2 cm³/mol. The van der Waals surface area contributed by atoms with E-state index in [1.165, 1.54) is 0 Å². The maximum absolute atomic E-state index is 6.26. The van der Waals surface area contributed by atoms with Gasteiger partial charge in [-0.3, -0.25) is 11.3 Å². The van der Waals surface area contributed by atoms with Crippen LogP contribution in [0.25, 0.3) is 0 Å². The Bertz CT molecular complexity index is 536. The molecule has 96 valence electrons. The molecule has 0 bridgehead atoms. The number of hydrazine groups is 1. The molecule has 0 aliphatic rings. The van der Waals surface area contributed by atoms with Crippen molar-refractivity contribution in [2.75, 3.05) is 0 Å². The van der Waals surface area contributed by atoms with Gasteiger partial charge in [0.05, 0.1) is 6.04 Å². The van der Waals surface area contributed by atoms with Crippen LogP contribution in [0, 0.1) is 6.92 Å². The number of rotatable bonds is 4. The van der Waals surface area contributed by atoms with E-state index in [2.05, 4.69) is 10.4 Å². The van der Waals surface area contributed by atoms with Crippen LogP contribution in [0.1, 0.15) is 23.0 Å². The molecule has 0 aliphatic carbocycles. The molecule has 1 aromatic heterocycles. The van der Waals surface area contributed by atoms with Crippen molar-refractivity contribution < 1.29 is 0 Å². The largest absolute Gasteiger partial charge is 0.338 e. The molecule has 4 nitrogen and oxygen atoms in total. The van der Waals surface area contributed by atoms with Crippen molar-refractivity contribution in [3.8, 4) is 0 Å². The third kappa shape index (κ3) is 2.72. The van der Waals surface area contributed by atoms with E-state index in [9.17, 15) is 0 Å². The molecule has 0 radical (unpaired) electrons. The van der Waals surface area contributed by atoms with Gasteiger partial charge in [-0.15, -0.1) is 0 Å². The second kappa shape index (κ2) is 5.52. The van der Waals surface area contributed by atoms with Gasteiger partial charge in [0, 0.05) is 30.9 Å². The summed E-state index contributed by atoms with van der Waals surface area (Å²) >= 11 is 6.26. The minimum Gasteiger partial charge on any atom is -0.338 e. The summed E-state index contributed by atoms with van der Waals surface area (Å²) in [7, 11) is 1.96. The monoisotopic (exact) mass is 264 g/mol. The first kappa shape index (κ1) is 13.1. The lowest BCUT2D eigenvalue weighted by atomic mass is 10.0. The number of imidazole rings is 1. The van der Waals surface area contributed by atoms with Crippen molar-refractivity contribution in [1.29, 1.82) is 0 Å². The van der Waals surface area contributed by atoms with Crippen LogP contribution in [-0.4, -0.2) is 9.55 Å². The maximum atomic E-state index is 6.26. The van der Waals surface area contributed by atoms with Crippen LogP contribution in [0.3, 0.4) is 0 Å². The van der Waals surface area contributed by atoms with Gasteiger partial charge in [0.2, 0.25) is 0 Å². The van der Waals surface area contributed by atoms with E-state index < -0.39 is 0 Å². The van der Waals surface area contributed by atoms with E-state index in [-0.39, 0.29) is 6.04 Å². The van der Waals surface area contributed by atoms with Crippen LogP contribution < -0.4 is 11.3 Å². The number of nitrogens with two attached hydrogens (primary N) is 1. The summed E-state index contributed by atoms with van der Waals surface area (Å²) in [6, 6.07) is 5.94. The Kier molecular flexibility index (Phi) is 4.01. The normalized spacial score (nSPS) is 12.7. The molecule has 18 heavy (non-hydrogen) atoms. The van der Waals surface area contributed by atoms with Crippen LogP contribution in [-0.2, 0) is 13.5 Å². The third-order valence-corrected chi connectivity index (χ3v) is 3.37. The Morgan fingerprint density at radius 2 is 2.28 bits per heavy atom. The van der Waals surface area contributed by atoms with Crippen molar-refractivity contribution in [2.24, 2.45) is 12.9 Å². The molecular weight excluding hydrogens is 248 g/mol. The number of nitrogens with zero attached hydrogens (tertiary/aromatic N) is 2. The summed E-state index contributed by atoms with van der Waals surface area (Å²) < 4.78 is 1.98. The number of benzene rings is 1. The lowest BCUT2D eigenvalue weighted by Crippen LogP contribution is -2.30. The molecule has 1 unspecified atom stereocenters. The first-order chi connectivity index (χ1) is 8.61. The van der Waals surface area contributed by atoms with Gasteiger partial charge in [0.1, 0.15) is 5.82 Å². The highest BCUT2D eigenvalue weighted by atomic mass is 35.5. The molecule has 0 amide bonds. The fraction of sp³-hybridized carbons (Fsp3) is 0.308. The van der Waals surface area contributed by atoms with E-state index in [0.717, 1.165) is 22.0 Å². The fourth-order valence-corrected chi connectivity index (χ4v) is 2.32. The van der Waals surface area contributed by atoms with E-state index in [0.29, 0.717) is 6.42 Å². The molecule has 5 heteroatoms. The Morgan fingerprint density at radius 1 is 1.50 bits per heavy atom. The van der Waals surface area contributed by atoms with Crippen molar-refractivity contribution >= 4 is 11.6 Å². The number of nitrogens with one attached hydrogen (secondary N) is 1. The summed E-state index contributed by atoms with van der Waals surface area (Å²) in [5.41, 5.74) is 4.94. The van der Waals surface area contributed by atoms with Crippen LogP contribution >= 0.6 is 11.6 Å². The first-order valence-corrected chi connectivity index (χ1v) is 6.18. The van der Waals surface area contributed by atoms with Crippen LogP contribution in [0.4, 0.5) is 0 Å². The molecule has 1 atom stereocenters. The molecule has 1 heterocycles. The molecule has 1 aromatic carbocycles. The van der Waals surface area contributed by atoms with Gasteiger partial charge in [-0.05, 0) is 24.1 Å². The molecule has 0 aliphatic heterocycles. The highest BCUT2D eigenvalue weighted by Gasteiger charge is 2.16. The van der Waals surface area contributed by atoms with E-state index in [1.54, 1.807) is 6.20 Å². The highest BCUT2D eigenvalue weighted by Crippen LogP contribution is 2.25. The van der Waals surface area contributed by atoms with Crippen molar-refractivity contribution in [1.82, 2.24) is 15.0 Å². The lowest BCUT2D eigenvalue weighted by Gasteiger charge is -2.17. The zero-order valence-electron chi connectivity index (χ0n) is 10.5. The number of aromatic nitrogens is 2. The van der Waals surface area contributed by atoms with E-state index >= 15 is 0 Å². The molecular formula is C13H17ClN4. The van der Waals surface area contributed by atoms with Crippen LogP contribution in [0.15, 0.2) is 30.6 Å². The second-order valence-electron chi connectivity index (χ2n) is 4.40. The Hall–Kier alpha value is -1.36. The van der Waals surface area contributed by atoms with Gasteiger partial charge in [-0.25, -0.2) is 4.98 Å². The Labute approximate surface area is 112 Å². The summed E-state index contributed by atoms with van der Waals surface area (Å²) in [4.78, 5) is 4.30. The molecule has 2 aromatic rings. The molecule has 3 N–H and O–H groups in total. The second-order valence-corrected chi connectivity index (χ2v) is 4.81. The van der Waals surface area contributed by atoms with Gasteiger partial charge in [-0.2, -0.15) is 0 Å². The molecule has 0 saturated carbocycles. The quantitative estimate of drug-likeness (QED) is 0.657. The average molecular weight is 265 g/mol. The highest BCUT2D eigenvalue weighted by molar-refractivity contribution is 6.31. The van der Waals surface area contributed by atoms with Crippen molar-refractivity contribution in [2.45, 2.75) is 19.4 Å². The molecule has 0 fully saturated rings. The predicted octanol–water partition coefficient (Wildman–Crippen LogP) is 2.13. The maximum Gasteiger partial charge on any atom is 0.110 e.